The number of hydrogen-bond acceptors (Lipinski definition) is 3. The molecule has 0 aromatic carbocycles. The molecule has 1 N–H and O–H groups in total. The molecular weight excluding hydrogens is 204 g/mol. The van der Waals surface area contributed by atoms with Gasteiger partial charge in [0.2, 0.25) is 5.91 Å². The second-order valence-corrected chi connectivity index (χ2v) is 4.63. The van der Waals surface area contributed by atoms with Crippen molar-refractivity contribution in [3.8, 4) is 0 Å². The quantitative estimate of drug-likeness (QED) is 0.763. The number of hydrogen-bond donors (Lipinski definition) is 1. The highest BCUT2D eigenvalue weighted by Gasteiger charge is 2.21. The van der Waals surface area contributed by atoms with Gasteiger partial charge in [0.05, 0.1) is 6.10 Å². The molecule has 0 unspecified atom stereocenters. The van der Waals surface area contributed by atoms with Crippen molar-refractivity contribution in [1.82, 2.24) is 10.2 Å². The molecular formula is C12H24N2O2. The molecule has 0 saturated heterocycles. The monoisotopic (exact) mass is 228 g/mol. The number of rotatable bonds is 5. The zero-order valence-electron chi connectivity index (χ0n) is 10.7. The summed E-state index contributed by atoms with van der Waals surface area (Å²) in [6.07, 6.45) is 4.74. The van der Waals surface area contributed by atoms with E-state index in [2.05, 4.69) is 12.2 Å². The molecule has 1 saturated carbocycles. The van der Waals surface area contributed by atoms with Gasteiger partial charge >= 0.3 is 0 Å². The molecule has 0 heterocycles. The van der Waals surface area contributed by atoms with Crippen molar-refractivity contribution in [2.45, 2.75) is 44.8 Å². The Hall–Kier alpha value is -0.610. The van der Waals surface area contributed by atoms with Gasteiger partial charge in [-0.25, -0.2) is 0 Å². The molecule has 1 rings (SSSR count). The summed E-state index contributed by atoms with van der Waals surface area (Å²) in [6, 6.07) is 0.648. The molecule has 0 aliphatic heterocycles. The van der Waals surface area contributed by atoms with E-state index in [1.807, 2.05) is 0 Å². The smallest absolute Gasteiger partial charge is 0.248 e. The molecule has 1 aliphatic rings. The van der Waals surface area contributed by atoms with E-state index in [9.17, 15) is 4.79 Å². The van der Waals surface area contributed by atoms with Crippen LogP contribution in [0.4, 0.5) is 0 Å². The van der Waals surface area contributed by atoms with E-state index in [0.717, 1.165) is 32.2 Å². The fraction of sp³-hybridized carbons (Fsp3) is 0.917. The summed E-state index contributed by atoms with van der Waals surface area (Å²) in [4.78, 5) is 12.9. The number of amides is 1. The first-order valence-electron chi connectivity index (χ1n) is 6.18. The summed E-state index contributed by atoms with van der Waals surface area (Å²) in [6.45, 7) is 3.40. The number of ether oxygens (including phenoxy) is 1. The minimum absolute atomic E-state index is 0.0498. The van der Waals surface area contributed by atoms with Crippen molar-refractivity contribution >= 4 is 5.91 Å². The van der Waals surface area contributed by atoms with Gasteiger partial charge in [0.25, 0.3) is 0 Å². The van der Waals surface area contributed by atoms with Crippen molar-refractivity contribution in [2.24, 2.45) is 0 Å². The summed E-state index contributed by atoms with van der Waals surface area (Å²) in [7, 11) is 3.52. The summed E-state index contributed by atoms with van der Waals surface area (Å²) in [5, 5.41) is 3.46. The molecule has 0 aromatic rings. The van der Waals surface area contributed by atoms with Crippen LogP contribution in [0.3, 0.4) is 0 Å². The third-order valence-electron chi connectivity index (χ3n) is 3.11. The van der Waals surface area contributed by atoms with Gasteiger partial charge in [-0.15, -0.1) is 0 Å². The Balaban J connectivity index is 2.15. The van der Waals surface area contributed by atoms with E-state index in [0.29, 0.717) is 6.04 Å². The van der Waals surface area contributed by atoms with Gasteiger partial charge in [0, 0.05) is 20.1 Å². The number of carbonyl (C=O) groups is 1. The van der Waals surface area contributed by atoms with Crippen LogP contribution in [0.1, 0.15) is 32.6 Å². The molecule has 0 aromatic heterocycles. The van der Waals surface area contributed by atoms with E-state index >= 15 is 0 Å². The van der Waals surface area contributed by atoms with Crippen LogP contribution in [-0.2, 0) is 9.53 Å². The summed E-state index contributed by atoms with van der Waals surface area (Å²) >= 11 is 0. The molecule has 4 heteroatoms. The Morgan fingerprint density at radius 2 is 1.94 bits per heavy atom. The van der Waals surface area contributed by atoms with Crippen LogP contribution in [0.25, 0.3) is 0 Å². The minimum Gasteiger partial charge on any atom is -0.368 e. The molecule has 0 radical (unpaired) electrons. The first-order valence-corrected chi connectivity index (χ1v) is 6.18. The summed E-state index contributed by atoms with van der Waals surface area (Å²) in [5.74, 6) is 0.0498. The van der Waals surface area contributed by atoms with E-state index in [-0.39, 0.29) is 18.6 Å². The molecule has 0 bridgehead atoms. The zero-order valence-corrected chi connectivity index (χ0v) is 10.7. The molecule has 94 valence electrons. The van der Waals surface area contributed by atoms with Crippen LogP contribution in [0.2, 0.25) is 0 Å². The lowest BCUT2D eigenvalue weighted by Crippen LogP contribution is -2.36. The normalized spacial score (nSPS) is 25.4. The van der Waals surface area contributed by atoms with Crippen molar-refractivity contribution in [3.63, 3.8) is 0 Å². The van der Waals surface area contributed by atoms with Gasteiger partial charge in [-0.2, -0.15) is 0 Å². The van der Waals surface area contributed by atoms with Gasteiger partial charge in [-0.05, 0) is 32.2 Å². The van der Waals surface area contributed by atoms with Gasteiger partial charge < -0.3 is 15.0 Å². The van der Waals surface area contributed by atoms with Crippen molar-refractivity contribution in [3.05, 3.63) is 0 Å². The molecule has 16 heavy (non-hydrogen) atoms. The number of nitrogens with one attached hydrogen (secondary N) is 1. The Morgan fingerprint density at radius 1 is 1.31 bits per heavy atom. The van der Waals surface area contributed by atoms with Crippen LogP contribution in [-0.4, -0.2) is 50.2 Å². The van der Waals surface area contributed by atoms with Gasteiger partial charge in [-0.1, -0.05) is 6.92 Å². The lowest BCUT2D eigenvalue weighted by Gasteiger charge is -2.29. The van der Waals surface area contributed by atoms with Crippen LogP contribution >= 0.6 is 0 Å². The molecule has 1 fully saturated rings. The fourth-order valence-corrected chi connectivity index (χ4v) is 2.04. The second-order valence-electron chi connectivity index (χ2n) is 4.63. The average Bonchev–Trinajstić information content (AvgIpc) is 2.28. The lowest BCUT2D eigenvalue weighted by molar-refractivity contribution is -0.136. The van der Waals surface area contributed by atoms with E-state index < -0.39 is 0 Å². The third kappa shape index (κ3) is 4.49. The average molecular weight is 228 g/mol. The zero-order chi connectivity index (χ0) is 12.0. The van der Waals surface area contributed by atoms with E-state index in [4.69, 9.17) is 4.74 Å². The van der Waals surface area contributed by atoms with Gasteiger partial charge in [0.1, 0.15) is 6.61 Å². The maximum atomic E-state index is 11.3. The van der Waals surface area contributed by atoms with Gasteiger partial charge in [0.15, 0.2) is 0 Å². The first-order chi connectivity index (χ1) is 7.63. The molecule has 4 nitrogen and oxygen atoms in total. The Labute approximate surface area is 98.3 Å². The number of nitrogens with zero attached hydrogens (tertiary/aromatic N) is 1. The fourth-order valence-electron chi connectivity index (χ4n) is 2.04. The van der Waals surface area contributed by atoms with Crippen LogP contribution in [0, 0.1) is 0 Å². The van der Waals surface area contributed by atoms with Crippen LogP contribution < -0.4 is 5.32 Å². The molecule has 0 spiro atoms. The highest BCUT2D eigenvalue weighted by atomic mass is 16.5. The largest absolute Gasteiger partial charge is 0.368 e. The predicted molar refractivity (Wildman–Crippen MR) is 64.4 cm³/mol. The summed E-state index contributed by atoms with van der Waals surface area (Å²) in [5.41, 5.74) is 0. The van der Waals surface area contributed by atoms with Crippen molar-refractivity contribution in [1.29, 1.82) is 0 Å². The standard InChI is InChI=1S/C12H24N2O2/c1-4-13-10-5-7-11(8-6-10)16-9-12(15)14(2)3/h10-11,13H,4-9H2,1-3H3. The number of carbonyl (C=O) groups excluding carboxylic acids is 1. The Kier molecular flexibility index (Phi) is 5.77. The van der Waals surface area contributed by atoms with E-state index in [1.165, 1.54) is 0 Å². The van der Waals surface area contributed by atoms with Crippen molar-refractivity contribution < 1.29 is 9.53 Å². The lowest BCUT2D eigenvalue weighted by atomic mass is 9.93. The summed E-state index contributed by atoms with van der Waals surface area (Å²) < 4.78 is 5.61. The Morgan fingerprint density at radius 3 is 2.44 bits per heavy atom. The van der Waals surface area contributed by atoms with Crippen LogP contribution in [0.15, 0.2) is 0 Å². The van der Waals surface area contributed by atoms with Crippen molar-refractivity contribution in [2.75, 3.05) is 27.2 Å². The highest BCUT2D eigenvalue weighted by Crippen LogP contribution is 2.21. The maximum Gasteiger partial charge on any atom is 0.248 e. The third-order valence-corrected chi connectivity index (χ3v) is 3.11. The minimum atomic E-state index is 0.0498. The predicted octanol–water partition coefficient (Wildman–Crippen LogP) is 1.01. The van der Waals surface area contributed by atoms with E-state index in [1.54, 1.807) is 19.0 Å². The highest BCUT2D eigenvalue weighted by molar-refractivity contribution is 5.76. The van der Waals surface area contributed by atoms with Gasteiger partial charge in [-0.3, -0.25) is 4.79 Å². The Bertz CT molecular complexity index is 211. The molecule has 1 amide bonds. The first kappa shape index (κ1) is 13.5. The SMILES string of the molecule is CCNC1CCC(OCC(=O)N(C)C)CC1. The number of likely N-dealkylation sites (N-methyl/N-ethyl adjacent to an activating group) is 1. The molecule has 0 atom stereocenters. The topological polar surface area (TPSA) is 41.6 Å². The van der Waals surface area contributed by atoms with Crippen LogP contribution in [0.5, 0.6) is 0 Å². The molecule has 1 aliphatic carbocycles. The second kappa shape index (κ2) is 6.86. The maximum absolute atomic E-state index is 11.3.